The Kier molecular flexibility index (Phi) is 2.80. The van der Waals surface area contributed by atoms with Crippen LogP contribution >= 0.6 is 11.6 Å². The topological polar surface area (TPSA) is 45.2 Å². The smallest absolute Gasteiger partial charge is 0.239 e. The van der Waals surface area contributed by atoms with Gasteiger partial charge < -0.3 is 10.2 Å². The van der Waals surface area contributed by atoms with E-state index in [1.165, 1.54) is 0 Å². The highest BCUT2D eigenvalue weighted by atomic mass is 35.5. The number of carbonyl (C=O) groups is 1. The minimum atomic E-state index is 0.0207. The molecule has 92 valence electrons. The standard InChI is InChI=1S/C13H12ClN3O/c14-13-10-4-2-1-3-9(10)7-11(16-13)17-6-5-15-12(18)8-17/h1-4,7H,5-6,8H2,(H,15,18). The number of fused-ring (bicyclic) bond motifs is 1. The van der Waals surface area contributed by atoms with Crippen molar-refractivity contribution in [1.82, 2.24) is 10.3 Å². The van der Waals surface area contributed by atoms with Crippen molar-refractivity contribution >= 4 is 34.1 Å². The van der Waals surface area contributed by atoms with E-state index in [9.17, 15) is 4.79 Å². The number of carbonyl (C=O) groups excluding carboxylic acids is 1. The number of halogens is 1. The van der Waals surface area contributed by atoms with Crippen LogP contribution in [0.4, 0.5) is 5.82 Å². The molecular weight excluding hydrogens is 250 g/mol. The second-order valence-electron chi connectivity index (χ2n) is 4.26. The number of hydrogen-bond donors (Lipinski definition) is 1. The maximum atomic E-state index is 11.4. The minimum Gasteiger partial charge on any atom is -0.353 e. The molecule has 5 heteroatoms. The quantitative estimate of drug-likeness (QED) is 0.797. The van der Waals surface area contributed by atoms with Gasteiger partial charge in [0.05, 0.1) is 6.54 Å². The molecule has 0 saturated carbocycles. The first-order valence-corrected chi connectivity index (χ1v) is 6.19. The molecule has 4 nitrogen and oxygen atoms in total. The monoisotopic (exact) mass is 261 g/mol. The van der Waals surface area contributed by atoms with Crippen molar-refractivity contribution in [3.63, 3.8) is 0 Å². The van der Waals surface area contributed by atoms with Gasteiger partial charge in [-0.1, -0.05) is 35.9 Å². The molecule has 1 aromatic heterocycles. The Bertz CT molecular complexity index is 614. The molecule has 0 bridgehead atoms. The van der Waals surface area contributed by atoms with Crippen LogP contribution in [0.2, 0.25) is 5.15 Å². The highest BCUT2D eigenvalue weighted by Gasteiger charge is 2.18. The number of amides is 1. The molecule has 0 radical (unpaired) electrons. The molecule has 2 aromatic rings. The third kappa shape index (κ3) is 1.99. The van der Waals surface area contributed by atoms with Crippen LogP contribution in [0.15, 0.2) is 30.3 Å². The summed E-state index contributed by atoms with van der Waals surface area (Å²) in [5, 5.41) is 5.25. The van der Waals surface area contributed by atoms with Crippen LogP contribution in [0.1, 0.15) is 0 Å². The lowest BCUT2D eigenvalue weighted by molar-refractivity contribution is -0.120. The van der Waals surface area contributed by atoms with Gasteiger partial charge in [-0.15, -0.1) is 0 Å². The number of aromatic nitrogens is 1. The van der Waals surface area contributed by atoms with Gasteiger partial charge in [-0.3, -0.25) is 4.79 Å². The first kappa shape index (κ1) is 11.3. The fourth-order valence-electron chi connectivity index (χ4n) is 2.14. The highest BCUT2D eigenvalue weighted by Crippen LogP contribution is 2.26. The summed E-state index contributed by atoms with van der Waals surface area (Å²) < 4.78 is 0. The SMILES string of the molecule is O=C1CN(c2cc3ccccc3c(Cl)n2)CCN1. The fraction of sp³-hybridized carbons (Fsp3) is 0.231. The molecule has 1 saturated heterocycles. The minimum absolute atomic E-state index is 0.0207. The number of piperazine rings is 1. The normalized spacial score (nSPS) is 15.8. The van der Waals surface area contributed by atoms with Gasteiger partial charge in [0, 0.05) is 18.5 Å². The Morgan fingerprint density at radius 2 is 2.17 bits per heavy atom. The van der Waals surface area contributed by atoms with Gasteiger partial charge in [0.15, 0.2) is 0 Å². The van der Waals surface area contributed by atoms with Crippen LogP contribution in [0.3, 0.4) is 0 Å². The van der Waals surface area contributed by atoms with Gasteiger partial charge in [-0.25, -0.2) is 4.98 Å². The first-order chi connectivity index (χ1) is 8.74. The van der Waals surface area contributed by atoms with Crippen LogP contribution in [0.25, 0.3) is 10.8 Å². The van der Waals surface area contributed by atoms with Crippen molar-refractivity contribution in [3.05, 3.63) is 35.5 Å². The zero-order chi connectivity index (χ0) is 12.5. The Balaban J connectivity index is 2.04. The lowest BCUT2D eigenvalue weighted by Crippen LogP contribution is -2.48. The van der Waals surface area contributed by atoms with Gasteiger partial charge in [0.1, 0.15) is 11.0 Å². The van der Waals surface area contributed by atoms with Gasteiger partial charge >= 0.3 is 0 Å². The Morgan fingerprint density at radius 1 is 1.33 bits per heavy atom. The summed E-state index contributed by atoms with van der Waals surface area (Å²) in [6.07, 6.45) is 0. The van der Waals surface area contributed by atoms with Gasteiger partial charge in [0.25, 0.3) is 0 Å². The van der Waals surface area contributed by atoms with Crippen molar-refractivity contribution in [2.45, 2.75) is 0 Å². The van der Waals surface area contributed by atoms with E-state index < -0.39 is 0 Å². The van der Waals surface area contributed by atoms with Gasteiger partial charge in [-0.2, -0.15) is 0 Å². The maximum Gasteiger partial charge on any atom is 0.239 e. The molecule has 0 unspecified atom stereocenters. The van der Waals surface area contributed by atoms with Crippen molar-refractivity contribution in [2.75, 3.05) is 24.5 Å². The lowest BCUT2D eigenvalue weighted by Gasteiger charge is -2.27. The second-order valence-corrected chi connectivity index (χ2v) is 4.62. The van der Waals surface area contributed by atoms with Crippen molar-refractivity contribution in [1.29, 1.82) is 0 Å². The van der Waals surface area contributed by atoms with E-state index in [0.717, 1.165) is 23.1 Å². The first-order valence-electron chi connectivity index (χ1n) is 5.81. The van der Waals surface area contributed by atoms with E-state index in [4.69, 9.17) is 11.6 Å². The number of nitrogens with one attached hydrogen (secondary N) is 1. The van der Waals surface area contributed by atoms with Crippen LogP contribution < -0.4 is 10.2 Å². The molecule has 1 aliphatic heterocycles. The summed E-state index contributed by atoms with van der Waals surface area (Å²) in [4.78, 5) is 17.7. The zero-order valence-corrected chi connectivity index (χ0v) is 10.4. The van der Waals surface area contributed by atoms with Crippen molar-refractivity contribution < 1.29 is 4.79 Å². The van der Waals surface area contributed by atoms with E-state index in [2.05, 4.69) is 10.3 Å². The number of hydrogen-bond acceptors (Lipinski definition) is 3. The molecule has 1 aliphatic rings. The molecule has 2 heterocycles. The highest BCUT2D eigenvalue weighted by molar-refractivity contribution is 6.34. The molecule has 3 rings (SSSR count). The van der Waals surface area contributed by atoms with Crippen molar-refractivity contribution in [3.8, 4) is 0 Å². The second kappa shape index (κ2) is 4.46. The molecule has 1 fully saturated rings. The third-order valence-corrected chi connectivity index (χ3v) is 3.33. The molecule has 1 amide bonds. The third-order valence-electron chi connectivity index (χ3n) is 3.04. The number of pyridine rings is 1. The predicted molar refractivity (Wildman–Crippen MR) is 72.0 cm³/mol. The average molecular weight is 262 g/mol. The van der Waals surface area contributed by atoms with Gasteiger partial charge in [-0.05, 0) is 11.5 Å². The number of benzene rings is 1. The van der Waals surface area contributed by atoms with E-state index in [-0.39, 0.29) is 5.91 Å². The van der Waals surface area contributed by atoms with E-state index in [1.807, 2.05) is 35.2 Å². The Hall–Kier alpha value is -1.81. The average Bonchev–Trinajstić information content (AvgIpc) is 2.39. The largest absolute Gasteiger partial charge is 0.353 e. The molecule has 0 spiro atoms. The summed E-state index contributed by atoms with van der Waals surface area (Å²) in [5.41, 5.74) is 0. The summed E-state index contributed by atoms with van der Waals surface area (Å²) in [6.45, 7) is 1.74. The van der Waals surface area contributed by atoms with E-state index in [1.54, 1.807) is 0 Å². The molecule has 0 atom stereocenters. The summed E-state index contributed by atoms with van der Waals surface area (Å²) in [5.74, 6) is 0.779. The lowest BCUT2D eigenvalue weighted by atomic mass is 10.1. The molecule has 18 heavy (non-hydrogen) atoms. The fourth-order valence-corrected chi connectivity index (χ4v) is 2.40. The zero-order valence-electron chi connectivity index (χ0n) is 9.69. The number of nitrogens with zero attached hydrogens (tertiary/aromatic N) is 2. The van der Waals surface area contributed by atoms with E-state index in [0.29, 0.717) is 18.2 Å². The molecule has 1 N–H and O–H groups in total. The summed E-state index contributed by atoms with van der Waals surface area (Å²) >= 11 is 6.18. The van der Waals surface area contributed by atoms with E-state index >= 15 is 0 Å². The predicted octanol–water partition coefficient (Wildman–Crippen LogP) is 1.82. The van der Waals surface area contributed by atoms with Gasteiger partial charge in [0.2, 0.25) is 5.91 Å². The maximum absolute atomic E-state index is 11.4. The molecular formula is C13H12ClN3O. The Labute approximate surface area is 110 Å². The summed E-state index contributed by atoms with van der Waals surface area (Å²) in [6, 6.07) is 9.81. The molecule has 0 aliphatic carbocycles. The van der Waals surface area contributed by atoms with Crippen LogP contribution in [0, 0.1) is 0 Å². The number of anilines is 1. The molecule has 1 aromatic carbocycles. The summed E-state index contributed by atoms with van der Waals surface area (Å²) in [7, 11) is 0. The van der Waals surface area contributed by atoms with Crippen molar-refractivity contribution in [2.24, 2.45) is 0 Å². The Morgan fingerprint density at radius 3 is 3.00 bits per heavy atom. The van der Waals surface area contributed by atoms with Crippen LogP contribution in [-0.2, 0) is 4.79 Å². The number of rotatable bonds is 1. The van der Waals surface area contributed by atoms with Crippen LogP contribution in [-0.4, -0.2) is 30.5 Å². The van der Waals surface area contributed by atoms with Crippen LogP contribution in [0.5, 0.6) is 0 Å².